The third-order valence-electron chi connectivity index (χ3n) is 3.59. The van der Waals surface area contributed by atoms with Gasteiger partial charge in [-0.1, -0.05) is 6.92 Å². The second kappa shape index (κ2) is 7.22. The van der Waals surface area contributed by atoms with Gasteiger partial charge in [0.15, 0.2) is 6.29 Å². The van der Waals surface area contributed by atoms with Gasteiger partial charge in [0.05, 0.1) is 0 Å². The molecule has 0 unspecified atom stereocenters. The first-order valence-electron chi connectivity index (χ1n) is 6.19. The molecule has 16 heavy (non-hydrogen) atoms. The van der Waals surface area contributed by atoms with Gasteiger partial charge in [0.1, 0.15) is 0 Å². The molecular weight excluding hydrogens is 204 g/mol. The summed E-state index contributed by atoms with van der Waals surface area (Å²) >= 11 is 0. The van der Waals surface area contributed by atoms with Crippen LogP contribution in [0.2, 0.25) is 0 Å². The Bertz CT molecular complexity index is 178. The van der Waals surface area contributed by atoms with Crippen LogP contribution >= 0.6 is 0 Å². The molecule has 0 aromatic heterocycles. The van der Waals surface area contributed by atoms with E-state index >= 15 is 0 Å². The molecule has 0 amide bonds. The Morgan fingerprint density at radius 3 is 2.25 bits per heavy atom. The zero-order valence-electron chi connectivity index (χ0n) is 11.1. The lowest BCUT2D eigenvalue weighted by Crippen LogP contribution is -2.45. The molecule has 0 N–H and O–H groups in total. The predicted molar refractivity (Wildman–Crippen MR) is 65.6 cm³/mol. The van der Waals surface area contributed by atoms with Crippen LogP contribution in [0.5, 0.6) is 0 Å². The van der Waals surface area contributed by atoms with Crippen molar-refractivity contribution in [1.82, 2.24) is 9.80 Å². The molecule has 0 bridgehead atoms. The summed E-state index contributed by atoms with van der Waals surface area (Å²) in [6.45, 7) is 6.70. The van der Waals surface area contributed by atoms with E-state index in [2.05, 4.69) is 23.8 Å². The molecule has 0 radical (unpaired) electrons. The van der Waals surface area contributed by atoms with Crippen LogP contribution < -0.4 is 0 Å². The Hall–Kier alpha value is -0.160. The molecule has 1 aliphatic rings. The highest BCUT2D eigenvalue weighted by Gasteiger charge is 2.23. The Kier molecular flexibility index (Phi) is 6.28. The van der Waals surface area contributed by atoms with Crippen molar-refractivity contribution in [3.05, 3.63) is 0 Å². The molecule has 1 heterocycles. The molecule has 1 fully saturated rings. The third kappa shape index (κ3) is 4.01. The highest BCUT2D eigenvalue weighted by Crippen LogP contribution is 2.15. The summed E-state index contributed by atoms with van der Waals surface area (Å²) in [4.78, 5) is 4.87. The van der Waals surface area contributed by atoms with Gasteiger partial charge in [-0.3, -0.25) is 4.90 Å². The lowest BCUT2D eigenvalue weighted by atomic mass is 10.0. The topological polar surface area (TPSA) is 24.9 Å². The minimum atomic E-state index is -0.103. The number of ether oxygens (including phenoxy) is 2. The van der Waals surface area contributed by atoms with E-state index in [-0.39, 0.29) is 6.29 Å². The lowest BCUT2D eigenvalue weighted by Gasteiger charge is -2.37. The Balaban J connectivity index is 2.29. The second-order valence-corrected chi connectivity index (χ2v) is 4.51. The van der Waals surface area contributed by atoms with Crippen molar-refractivity contribution in [3.63, 3.8) is 0 Å². The number of methoxy groups -OCH3 is 2. The second-order valence-electron chi connectivity index (χ2n) is 4.51. The number of likely N-dealkylation sites (N-methyl/N-ethyl adjacent to an activating group) is 1. The average Bonchev–Trinajstić information content (AvgIpc) is 2.35. The molecular formula is C12H26N2O2. The van der Waals surface area contributed by atoms with Gasteiger partial charge >= 0.3 is 0 Å². The van der Waals surface area contributed by atoms with Gasteiger partial charge in [0.25, 0.3) is 0 Å². The van der Waals surface area contributed by atoms with Crippen LogP contribution in [0, 0.1) is 0 Å². The highest BCUT2D eigenvalue weighted by molar-refractivity contribution is 4.78. The molecule has 0 saturated carbocycles. The maximum atomic E-state index is 5.23. The van der Waals surface area contributed by atoms with Gasteiger partial charge in [-0.05, 0) is 39.5 Å². The third-order valence-corrected chi connectivity index (χ3v) is 3.59. The van der Waals surface area contributed by atoms with Crippen LogP contribution in [0.1, 0.15) is 19.8 Å². The van der Waals surface area contributed by atoms with Crippen molar-refractivity contribution in [2.75, 3.05) is 47.4 Å². The predicted octanol–water partition coefficient (Wildman–Crippen LogP) is 1.02. The van der Waals surface area contributed by atoms with Crippen molar-refractivity contribution in [3.8, 4) is 0 Å². The molecule has 0 atom stereocenters. The summed E-state index contributed by atoms with van der Waals surface area (Å²) in [5, 5.41) is 0. The number of hydrogen-bond acceptors (Lipinski definition) is 4. The monoisotopic (exact) mass is 230 g/mol. The van der Waals surface area contributed by atoms with Crippen LogP contribution in [0.4, 0.5) is 0 Å². The molecule has 4 nitrogen and oxygen atoms in total. The van der Waals surface area contributed by atoms with E-state index in [0.29, 0.717) is 6.04 Å². The number of likely N-dealkylation sites (tertiary alicyclic amines) is 1. The van der Waals surface area contributed by atoms with Gasteiger partial charge in [-0.15, -0.1) is 0 Å². The standard InChI is InChI=1S/C12H26N2O2/c1-5-14-8-6-11(7-9-14)13(2)10-12(15-3)16-4/h11-12H,5-10H2,1-4H3. The van der Waals surface area contributed by atoms with Gasteiger partial charge in [-0.25, -0.2) is 0 Å². The highest BCUT2D eigenvalue weighted by atomic mass is 16.7. The first-order valence-corrected chi connectivity index (χ1v) is 6.19. The van der Waals surface area contributed by atoms with E-state index in [1.807, 2.05) is 0 Å². The molecule has 0 aromatic rings. The summed E-state index contributed by atoms with van der Waals surface area (Å²) in [5.41, 5.74) is 0. The number of piperidine rings is 1. The summed E-state index contributed by atoms with van der Waals surface area (Å²) < 4.78 is 10.5. The van der Waals surface area contributed by atoms with Crippen LogP contribution in [-0.2, 0) is 9.47 Å². The number of nitrogens with zero attached hydrogens (tertiary/aromatic N) is 2. The molecule has 0 aliphatic carbocycles. The SMILES string of the molecule is CCN1CCC(N(C)CC(OC)OC)CC1. The van der Waals surface area contributed by atoms with Crippen LogP contribution in [0.15, 0.2) is 0 Å². The quantitative estimate of drug-likeness (QED) is 0.636. The smallest absolute Gasteiger partial charge is 0.169 e. The van der Waals surface area contributed by atoms with Crippen molar-refractivity contribution in [2.24, 2.45) is 0 Å². The van der Waals surface area contributed by atoms with Crippen LogP contribution in [-0.4, -0.2) is 69.6 Å². The van der Waals surface area contributed by atoms with E-state index < -0.39 is 0 Å². The van der Waals surface area contributed by atoms with E-state index in [4.69, 9.17) is 9.47 Å². The molecule has 1 aliphatic heterocycles. The Morgan fingerprint density at radius 2 is 1.81 bits per heavy atom. The maximum absolute atomic E-state index is 5.23. The van der Waals surface area contributed by atoms with Gasteiger partial charge in [0, 0.05) is 26.8 Å². The van der Waals surface area contributed by atoms with E-state index in [1.165, 1.54) is 32.5 Å². The summed E-state index contributed by atoms with van der Waals surface area (Å²) in [6, 6.07) is 0.676. The first-order chi connectivity index (χ1) is 7.71. The number of hydrogen-bond donors (Lipinski definition) is 0. The first kappa shape index (κ1) is 13.9. The fraction of sp³-hybridized carbons (Fsp3) is 1.00. The van der Waals surface area contributed by atoms with Gasteiger partial charge in [-0.2, -0.15) is 0 Å². The van der Waals surface area contributed by atoms with E-state index in [0.717, 1.165) is 6.54 Å². The van der Waals surface area contributed by atoms with Crippen LogP contribution in [0.3, 0.4) is 0 Å². The van der Waals surface area contributed by atoms with Gasteiger partial charge < -0.3 is 14.4 Å². The zero-order valence-corrected chi connectivity index (χ0v) is 11.1. The van der Waals surface area contributed by atoms with E-state index in [1.54, 1.807) is 14.2 Å². The normalized spacial score (nSPS) is 19.9. The summed E-state index contributed by atoms with van der Waals surface area (Å²) in [7, 11) is 5.56. The van der Waals surface area contributed by atoms with Crippen molar-refractivity contribution in [1.29, 1.82) is 0 Å². The lowest BCUT2D eigenvalue weighted by molar-refractivity contribution is -0.119. The minimum Gasteiger partial charge on any atom is -0.355 e. The molecule has 96 valence electrons. The van der Waals surface area contributed by atoms with Crippen LogP contribution in [0.25, 0.3) is 0 Å². The Labute approximate surface area is 99.5 Å². The molecule has 4 heteroatoms. The summed E-state index contributed by atoms with van der Waals surface area (Å²) in [5.74, 6) is 0. The maximum Gasteiger partial charge on any atom is 0.169 e. The molecule has 1 saturated heterocycles. The molecule has 1 rings (SSSR count). The van der Waals surface area contributed by atoms with Gasteiger partial charge in [0.2, 0.25) is 0 Å². The average molecular weight is 230 g/mol. The summed E-state index contributed by atoms with van der Waals surface area (Å²) in [6.07, 6.45) is 2.41. The fourth-order valence-electron chi connectivity index (χ4n) is 2.31. The fourth-order valence-corrected chi connectivity index (χ4v) is 2.31. The molecule has 0 aromatic carbocycles. The number of rotatable bonds is 6. The van der Waals surface area contributed by atoms with E-state index in [9.17, 15) is 0 Å². The zero-order chi connectivity index (χ0) is 12.0. The van der Waals surface area contributed by atoms with Crippen molar-refractivity contribution < 1.29 is 9.47 Å². The molecule has 0 spiro atoms. The Morgan fingerprint density at radius 1 is 1.25 bits per heavy atom. The van der Waals surface area contributed by atoms with Crippen molar-refractivity contribution in [2.45, 2.75) is 32.1 Å². The largest absolute Gasteiger partial charge is 0.355 e. The minimum absolute atomic E-state index is 0.103. The van der Waals surface area contributed by atoms with Crippen molar-refractivity contribution >= 4 is 0 Å².